The van der Waals surface area contributed by atoms with Crippen molar-refractivity contribution in [1.82, 2.24) is 4.98 Å². The molecule has 2 unspecified atom stereocenters. The van der Waals surface area contributed by atoms with Gasteiger partial charge in [0.05, 0.1) is 11.6 Å². The molecule has 0 amide bonds. The van der Waals surface area contributed by atoms with Gasteiger partial charge in [0.1, 0.15) is 5.60 Å². The maximum absolute atomic E-state index is 11.2. The Morgan fingerprint density at radius 2 is 2.24 bits per heavy atom. The number of hydrogen-bond acceptors (Lipinski definition) is 3. The van der Waals surface area contributed by atoms with E-state index in [1.54, 1.807) is 24.4 Å². The maximum atomic E-state index is 11.2. The van der Waals surface area contributed by atoms with Gasteiger partial charge in [-0.25, -0.2) is 0 Å². The molecule has 0 spiro atoms. The minimum absolute atomic E-state index is 0.406. The second kappa shape index (κ2) is 5.77. The number of hydrogen-bond donors (Lipinski definition) is 2. The zero-order valence-electron chi connectivity index (χ0n) is 10.3. The van der Waals surface area contributed by atoms with Gasteiger partial charge in [-0.2, -0.15) is 0 Å². The number of carboxylic acid groups (broad SMARTS) is 1. The highest BCUT2D eigenvalue weighted by molar-refractivity contribution is 5.71. The molecule has 1 aromatic rings. The minimum Gasteiger partial charge on any atom is -0.481 e. The number of rotatable bonds is 6. The molecule has 4 heteroatoms. The third-order valence-electron chi connectivity index (χ3n) is 3.01. The fourth-order valence-electron chi connectivity index (χ4n) is 1.89. The van der Waals surface area contributed by atoms with E-state index in [-0.39, 0.29) is 0 Å². The predicted octanol–water partition coefficient (Wildman–Crippen LogP) is 2.18. The summed E-state index contributed by atoms with van der Waals surface area (Å²) < 4.78 is 0. The molecule has 17 heavy (non-hydrogen) atoms. The summed E-state index contributed by atoms with van der Waals surface area (Å²) in [6.07, 6.45) is 3.69. The number of nitrogens with zero attached hydrogens (tertiary/aromatic N) is 1. The smallest absolute Gasteiger partial charge is 0.309 e. The lowest BCUT2D eigenvalue weighted by molar-refractivity contribution is -0.152. The number of pyridine rings is 1. The zero-order valence-corrected chi connectivity index (χ0v) is 10.3. The second-order valence-corrected chi connectivity index (χ2v) is 4.40. The van der Waals surface area contributed by atoms with Gasteiger partial charge >= 0.3 is 5.97 Å². The van der Waals surface area contributed by atoms with Crippen LogP contribution in [0.25, 0.3) is 0 Å². The summed E-state index contributed by atoms with van der Waals surface area (Å²) in [5.74, 6) is -1.80. The molecule has 0 aliphatic rings. The lowest BCUT2D eigenvalue weighted by Crippen LogP contribution is -2.38. The molecular weight excluding hydrogens is 218 g/mol. The summed E-state index contributed by atoms with van der Waals surface area (Å²) in [6, 6.07) is 5.14. The Morgan fingerprint density at radius 1 is 1.53 bits per heavy atom. The first-order chi connectivity index (χ1) is 8.00. The molecule has 0 aliphatic heterocycles. The van der Waals surface area contributed by atoms with Gasteiger partial charge in [0.2, 0.25) is 0 Å². The van der Waals surface area contributed by atoms with Gasteiger partial charge in [-0.1, -0.05) is 25.8 Å². The Bertz CT molecular complexity index is 362. The third kappa shape index (κ3) is 3.27. The number of unbranched alkanes of at least 4 members (excludes halogenated alkanes) is 1. The predicted molar refractivity (Wildman–Crippen MR) is 64.5 cm³/mol. The Balaban J connectivity index is 2.95. The molecule has 2 N–H and O–H groups in total. The highest BCUT2D eigenvalue weighted by Gasteiger charge is 2.39. The molecule has 1 rings (SSSR count). The lowest BCUT2D eigenvalue weighted by atomic mass is 9.82. The van der Waals surface area contributed by atoms with E-state index in [4.69, 9.17) is 0 Å². The van der Waals surface area contributed by atoms with Crippen molar-refractivity contribution in [2.45, 2.75) is 38.7 Å². The molecule has 0 fully saturated rings. The van der Waals surface area contributed by atoms with Gasteiger partial charge in [0.15, 0.2) is 0 Å². The van der Waals surface area contributed by atoms with Crippen LogP contribution in [0.4, 0.5) is 0 Å². The lowest BCUT2D eigenvalue weighted by Gasteiger charge is -2.29. The zero-order chi connectivity index (χ0) is 12.9. The highest BCUT2D eigenvalue weighted by atomic mass is 16.4. The molecule has 2 atom stereocenters. The fraction of sp³-hybridized carbons (Fsp3) is 0.538. The largest absolute Gasteiger partial charge is 0.481 e. The molecule has 0 radical (unpaired) electrons. The molecule has 0 aliphatic carbocycles. The van der Waals surface area contributed by atoms with Crippen molar-refractivity contribution in [3.63, 3.8) is 0 Å². The van der Waals surface area contributed by atoms with Gasteiger partial charge < -0.3 is 10.2 Å². The monoisotopic (exact) mass is 237 g/mol. The van der Waals surface area contributed by atoms with Crippen LogP contribution in [0.15, 0.2) is 24.4 Å². The van der Waals surface area contributed by atoms with E-state index in [1.165, 1.54) is 6.92 Å². The Morgan fingerprint density at radius 3 is 2.71 bits per heavy atom. The number of carbonyl (C=O) groups is 1. The molecule has 0 saturated heterocycles. The third-order valence-corrected chi connectivity index (χ3v) is 3.01. The van der Waals surface area contributed by atoms with Crippen molar-refractivity contribution >= 4 is 5.97 Å². The van der Waals surface area contributed by atoms with Crippen LogP contribution in [0.3, 0.4) is 0 Å². The van der Waals surface area contributed by atoms with Crippen LogP contribution in [0, 0.1) is 5.92 Å². The second-order valence-electron chi connectivity index (χ2n) is 4.40. The van der Waals surface area contributed by atoms with Crippen LogP contribution in [-0.2, 0) is 10.4 Å². The Kier molecular flexibility index (Phi) is 4.63. The van der Waals surface area contributed by atoms with E-state index in [1.807, 2.05) is 6.92 Å². The van der Waals surface area contributed by atoms with Crippen LogP contribution < -0.4 is 0 Å². The molecule has 94 valence electrons. The van der Waals surface area contributed by atoms with E-state index in [0.717, 1.165) is 12.8 Å². The van der Waals surface area contributed by atoms with Gasteiger partial charge in [-0.3, -0.25) is 9.78 Å². The summed E-state index contributed by atoms with van der Waals surface area (Å²) in [5.41, 5.74) is -1.02. The topological polar surface area (TPSA) is 70.4 Å². The highest BCUT2D eigenvalue weighted by Crippen LogP contribution is 2.31. The van der Waals surface area contributed by atoms with Crippen LogP contribution in [0.2, 0.25) is 0 Å². The maximum Gasteiger partial charge on any atom is 0.309 e. The summed E-state index contributed by atoms with van der Waals surface area (Å²) in [5, 5.41) is 19.6. The number of aliphatic hydroxyl groups is 1. The van der Waals surface area contributed by atoms with Crippen LogP contribution >= 0.6 is 0 Å². The summed E-state index contributed by atoms with van der Waals surface area (Å²) in [6.45, 7) is 3.51. The summed E-state index contributed by atoms with van der Waals surface area (Å²) in [4.78, 5) is 15.3. The average molecular weight is 237 g/mol. The Hall–Kier alpha value is -1.42. The normalized spacial score (nSPS) is 16.2. The van der Waals surface area contributed by atoms with Gasteiger partial charge in [-0.05, 0) is 25.5 Å². The molecule has 0 saturated carbocycles. The van der Waals surface area contributed by atoms with Crippen molar-refractivity contribution in [2.75, 3.05) is 0 Å². The van der Waals surface area contributed by atoms with E-state index in [2.05, 4.69) is 4.98 Å². The fourth-order valence-corrected chi connectivity index (χ4v) is 1.89. The average Bonchev–Trinajstić information content (AvgIpc) is 2.30. The van der Waals surface area contributed by atoms with Crippen molar-refractivity contribution in [3.8, 4) is 0 Å². The van der Waals surface area contributed by atoms with E-state index in [9.17, 15) is 15.0 Å². The number of carboxylic acids is 1. The SMILES string of the molecule is CCCCC(C(=O)O)C(C)(O)c1ccccn1. The molecule has 1 heterocycles. The Labute approximate surface area is 101 Å². The van der Waals surface area contributed by atoms with Crippen molar-refractivity contribution in [3.05, 3.63) is 30.1 Å². The minimum atomic E-state index is -1.43. The van der Waals surface area contributed by atoms with Crippen LogP contribution in [0.5, 0.6) is 0 Å². The first kappa shape index (κ1) is 13.6. The van der Waals surface area contributed by atoms with E-state index in [0.29, 0.717) is 12.1 Å². The van der Waals surface area contributed by atoms with Crippen molar-refractivity contribution < 1.29 is 15.0 Å². The molecular formula is C13H19NO3. The molecule has 1 aromatic heterocycles. The standard InChI is InChI=1S/C13H19NO3/c1-3-4-7-10(12(15)16)13(2,17)11-8-5-6-9-14-11/h5-6,8-10,17H,3-4,7H2,1-2H3,(H,15,16). The summed E-state index contributed by atoms with van der Waals surface area (Å²) >= 11 is 0. The number of aromatic nitrogens is 1. The van der Waals surface area contributed by atoms with Gasteiger partial charge in [0, 0.05) is 6.20 Å². The van der Waals surface area contributed by atoms with Gasteiger partial charge in [-0.15, -0.1) is 0 Å². The molecule has 0 aromatic carbocycles. The van der Waals surface area contributed by atoms with Crippen molar-refractivity contribution in [1.29, 1.82) is 0 Å². The first-order valence-corrected chi connectivity index (χ1v) is 5.86. The van der Waals surface area contributed by atoms with E-state index < -0.39 is 17.5 Å². The quantitative estimate of drug-likeness (QED) is 0.795. The van der Waals surface area contributed by atoms with E-state index >= 15 is 0 Å². The van der Waals surface area contributed by atoms with Crippen LogP contribution in [0.1, 0.15) is 38.8 Å². The van der Waals surface area contributed by atoms with Crippen molar-refractivity contribution in [2.24, 2.45) is 5.92 Å². The number of aliphatic carboxylic acids is 1. The molecule has 0 bridgehead atoms. The molecule has 4 nitrogen and oxygen atoms in total. The summed E-state index contributed by atoms with van der Waals surface area (Å²) in [7, 11) is 0. The van der Waals surface area contributed by atoms with Gasteiger partial charge in [0.25, 0.3) is 0 Å². The first-order valence-electron chi connectivity index (χ1n) is 5.86. The van der Waals surface area contributed by atoms with Crippen LogP contribution in [-0.4, -0.2) is 21.2 Å².